The Morgan fingerprint density at radius 1 is 1.03 bits per heavy atom. The SMILES string of the molecule is C=C(OC1CCCC1)[C@@H](NCCCOc1ccc(/C=C/C(=O)NOC(C)OCC(C)C)cc1)C1CCCCC1. The van der Waals surface area contributed by atoms with E-state index in [-0.39, 0.29) is 11.9 Å². The molecule has 0 radical (unpaired) electrons. The van der Waals surface area contributed by atoms with Crippen molar-refractivity contribution in [2.75, 3.05) is 19.8 Å². The Balaban J connectivity index is 1.35. The molecule has 0 heterocycles. The van der Waals surface area contributed by atoms with E-state index in [1.807, 2.05) is 24.3 Å². The lowest BCUT2D eigenvalue weighted by Crippen LogP contribution is -2.40. The molecule has 0 spiro atoms. The molecule has 7 nitrogen and oxygen atoms in total. The monoisotopic (exact) mass is 542 g/mol. The van der Waals surface area contributed by atoms with E-state index in [9.17, 15) is 4.79 Å². The number of carbonyl (C=O) groups is 1. The summed E-state index contributed by atoms with van der Waals surface area (Å²) in [5.41, 5.74) is 3.29. The third-order valence-corrected chi connectivity index (χ3v) is 7.34. The Labute approximate surface area is 235 Å². The van der Waals surface area contributed by atoms with Gasteiger partial charge in [0.1, 0.15) is 11.5 Å². The van der Waals surface area contributed by atoms with E-state index in [1.54, 1.807) is 13.0 Å². The summed E-state index contributed by atoms with van der Waals surface area (Å²) >= 11 is 0. The van der Waals surface area contributed by atoms with Gasteiger partial charge in [0.25, 0.3) is 5.91 Å². The zero-order chi connectivity index (χ0) is 27.9. The summed E-state index contributed by atoms with van der Waals surface area (Å²) in [6.07, 6.45) is 15.2. The maximum atomic E-state index is 12.0. The fraction of sp³-hybridized carbons (Fsp3) is 0.656. The first-order chi connectivity index (χ1) is 18.9. The lowest BCUT2D eigenvalue weighted by molar-refractivity contribution is -0.180. The molecule has 0 bridgehead atoms. The minimum absolute atomic E-state index is 0.232. The molecule has 0 aliphatic heterocycles. The third kappa shape index (κ3) is 12.1. The Hall–Kier alpha value is -2.35. The zero-order valence-electron chi connectivity index (χ0n) is 24.3. The molecule has 2 aliphatic rings. The minimum Gasteiger partial charge on any atom is -0.494 e. The molecule has 39 heavy (non-hydrogen) atoms. The number of hydrogen-bond acceptors (Lipinski definition) is 6. The van der Waals surface area contributed by atoms with Gasteiger partial charge in [-0.05, 0) is 94.0 Å². The largest absolute Gasteiger partial charge is 0.494 e. The molecule has 2 atom stereocenters. The van der Waals surface area contributed by atoms with Gasteiger partial charge in [0.15, 0.2) is 6.29 Å². The van der Waals surface area contributed by atoms with E-state index in [2.05, 4.69) is 31.2 Å². The van der Waals surface area contributed by atoms with Crippen LogP contribution >= 0.6 is 0 Å². The summed E-state index contributed by atoms with van der Waals surface area (Å²) in [5, 5.41) is 3.75. The van der Waals surface area contributed by atoms with E-state index < -0.39 is 6.29 Å². The van der Waals surface area contributed by atoms with Crippen molar-refractivity contribution in [3.05, 3.63) is 48.2 Å². The topological polar surface area (TPSA) is 78.1 Å². The first kappa shape index (κ1) is 31.2. The summed E-state index contributed by atoms with van der Waals surface area (Å²) in [6.45, 7) is 12.3. The van der Waals surface area contributed by atoms with Gasteiger partial charge in [0, 0.05) is 6.08 Å². The predicted octanol–water partition coefficient (Wildman–Crippen LogP) is 6.55. The van der Waals surface area contributed by atoms with E-state index in [0.29, 0.717) is 31.2 Å². The summed E-state index contributed by atoms with van der Waals surface area (Å²) in [7, 11) is 0. The average Bonchev–Trinajstić information content (AvgIpc) is 3.45. The molecule has 218 valence electrons. The van der Waals surface area contributed by atoms with Crippen LogP contribution in [0.5, 0.6) is 5.75 Å². The predicted molar refractivity (Wildman–Crippen MR) is 156 cm³/mol. The molecule has 0 aromatic heterocycles. The summed E-state index contributed by atoms with van der Waals surface area (Å²) in [6, 6.07) is 7.93. The van der Waals surface area contributed by atoms with Gasteiger partial charge in [-0.1, -0.05) is 51.8 Å². The summed E-state index contributed by atoms with van der Waals surface area (Å²) in [5.74, 6) is 2.43. The van der Waals surface area contributed by atoms with Gasteiger partial charge >= 0.3 is 0 Å². The van der Waals surface area contributed by atoms with Crippen molar-refractivity contribution in [1.82, 2.24) is 10.8 Å². The Kier molecular flexibility index (Phi) is 13.9. The Morgan fingerprint density at radius 2 is 1.72 bits per heavy atom. The Bertz CT molecular complexity index is 873. The fourth-order valence-corrected chi connectivity index (χ4v) is 5.21. The van der Waals surface area contributed by atoms with Gasteiger partial charge in [-0.3, -0.25) is 4.79 Å². The van der Waals surface area contributed by atoms with Crippen LogP contribution < -0.4 is 15.5 Å². The molecule has 0 saturated heterocycles. The van der Waals surface area contributed by atoms with Crippen LogP contribution in [0.3, 0.4) is 0 Å². The van der Waals surface area contributed by atoms with Gasteiger partial charge in [-0.2, -0.15) is 0 Å². The lowest BCUT2D eigenvalue weighted by atomic mass is 9.83. The molecule has 2 aliphatic carbocycles. The summed E-state index contributed by atoms with van der Waals surface area (Å²) < 4.78 is 17.7. The molecule has 1 aromatic carbocycles. The quantitative estimate of drug-likeness (QED) is 0.0765. The van der Waals surface area contributed by atoms with Crippen molar-refractivity contribution in [2.45, 2.75) is 103 Å². The van der Waals surface area contributed by atoms with Crippen LogP contribution in [0, 0.1) is 11.8 Å². The average molecular weight is 543 g/mol. The van der Waals surface area contributed by atoms with Crippen LogP contribution in [0.15, 0.2) is 42.7 Å². The second-order valence-corrected chi connectivity index (χ2v) is 11.3. The van der Waals surface area contributed by atoms with Crippen molar-refractivity contribution < 1.29 is 23.8 Å². The highest BCUT2D eigenvalue weighted by molar-refractivity contribution is 5.90. The van der Waals surface area contributed by atoms with Gasteiger partial charge in [0.2, 0.25) is 0 Å². The van der Waals surface area contributed by atoms with Crippen LogP contribution in [0.4, 0.5) is 0 Å². The number of benzene rings is 1. The highest BCUT2D eigenvalue weighted by Gasteiger charge is 2.28. The maximum absolute atomic E-state index is 12.0. The van der Waals surface area contributed by atoms with Crippen molar-refractivity contribution >= 4 is 12.0 Å². The highest BCUT2D eigenvalue weighted by atomic mass is 16.8. The van der Waals surface area contributed by atoms with Crippen molar-refractivity contribution in [3.63, 3.8) is 0 Å². The molecule has 7 heteroatoms. The van der Waals surface area contributed by atoms with Gasteiger partial charge in [0.05, 0.1) is 25.4 Å². The fourth-order valence-electron chi connectivity index (χ4n) is 5.21. The maximum Gasteiger partial charge on any atom is 0.267 e. The summed E-state index contributed by atoms with van der Waals surface area (Å²) in [4.78, 5) is 17.2. The molecular weight excluding hydrogens is 492 g/mol. The van der Waals surface area contributed by atoms with Crippen molar-refractivity contribution in [2.24, 2.45) is 11.8 Å². The lowest BCUT2D eigenvalue weighted by Gasteiger charge is -2.33. The first-order valence-electron chi connectivity index (χ1n) is 15.0. The van der Waals surface area contributed by atoms with E-state index in [0.717, 1.165) is 42.9 Å². The van der Waals surface area contributed by atoms with Crippen LogP contribution in [-0.2, 0) is 19.1 Å². The van der Waals surface area contributed by atoms with Crippen LogP contribution in [-0.4, -0.2) is 44.1 Å². The van der Waals surface area contributed by atoms with E-state index >= 15 is 0 Å². The van der Waals surface area contributed by atoms with Gasteiger partial charge < -0.3 is 19.5 Å². The second kappa shape index (κ2) is 17.4. The molecule has 3 rings (SSSR count). The van der Waals surface area contributed by atoms with Crippen LogP contribution in [0.25, 0.3) is 6.08 Å². The number of amides is 1. The number of ether oxygens (including phenoxy) is 3. The number of hydrogen-bond donors (Lipinski definition) is 2. The number of hydroxylamine groups is 1. The van der Waals surface area contributed by atoms with Crippen molar-refractivity contribution in [1.29, 1.82) is 0 Å². The minimum atomic E-state index is -0.501. The first-order valence-corrected chi connectivity index (χ1v) is 15.0. The van der Waals surface area contributed by atoms with Crippen LogP contribution in [0.1, 0.15) is 90.5 Å². The molecule has 1 amide bonds. The standard InChI is InChI=1S/C32H50N2O5/c1-24(2)23-37-26(4)39-34-31(35)20-17-27-15-18-29(19-16-27)36-22-10-21-33-32(28-11-6-5-7-12-28)25(3)38-30-13-8-9-14-30/h15-20,24,26,28,30,32-33H,3,5-14,21-23H2,1-2,4H3,(H,34,35)/b20-17+/t26?,32-/m1/s1. The normalized spacial score (nSPS) is 18.4. The molecule has 1 unspecified atom stereocenters. The number of nitrogens with one attached hydrogen (secondary N) is 2. The second-order valence-electron chi connectivity index (χ2n) is 11.3. The number of rotatable bonds is 17. The molecular formula is C32H50N2O5. The Morgan fingerprint density at radius 3 is 2.41 bits per heavy atom. The highest BCUT2D eigenvalue weighted by Crippen LogP contribution is 2.31. The van der Waals surface area contributed by atoms with Crippen LogP contribution in [0.2, 0.25) is 0 Å². The number of carbonyl (C=O) groups excluding carboxylic acids is 1. The van der Waals surface area contributed by atoms with E-state index in [4.69, 9.17) is 19.0 Å². The van der Waals surface area contributed by atoms with Gasteiger partial charge in [-0.15, -0.1) is 0 Å². The molecule has 2 saturated carbocycles. The van der Waals surface area contributed by atoms with E-state index in [1.165, 1.54) is 51.0 Å². The molecule has 2 N–H and O–H groups in total. The molecule has 2 fully saturated rings. The van der Waals surface area contributed by atoms with Gasteiger partial charge in [-0.25, -0.2) is 10.3 Å². The molecule has 1 aromatic rings. The smallest absolute Gasteiger partial charge is 0.267 e. The zero-order valence-corrected chi connectivity index (χ0v) is 24.3. The third-order valence-electron chi connectivity index (χ3n) is 7.34. The van der Waals surface area contributed by atoms with Crippen molar-refractivity contribution in [3.8, 4) is 5.75 Å².